The van der Waals surface area contributed by atoms with Gasteiger partial charge in [-0.1, -0.05) is 12.8 Å². The van der Waals surface area contributed by atoms with Gasteiger partial charge in [0, 0.05) is 38.3 Å². The van der Waals surface area contributed by atoms with E-state index in [0.29, 0.717) is 23.5 Å². The molecule has 1 saturated heterocycles. The van der Waals surface area contributed by atoms with Crippen molar-refractivity contribution in [3.05, 3.63) is 17.7 Å². The van der Waals surface area contributed by atoms with Gasteiger partial charge in [-0.25, -0.2) is 0 Å². The van der Waals surface area contributed by atoms with Gasteiger partial charge in [0.25, 0.3) is 0 Å². The summed E-state index contributed by atoms with van der Waals surface area (Å²) in [6, 6.07) is 3.82. The van der Waals surface area contributed by atoms with Crippen LogP contribution in [0.15, 0.2) is 17.1 Å². The Morgan fingerprint density at radius 2 is 1.67 bits per heavy atom. The van der Waals surface area contributed by atoms with E-state index in [1.165, 1.54) is 32.1 Å². The second kappa shape index (κ2) is 9.71. The van der Waals surface area contributed by atoms with Gasteiger partial charge in [0.1, 0.15) is 5.75 Å². The maximum Gasteiger partial charge on any atom is 0.193 e. The molecule has 0 atom stereocenters. The molecule has 1 aliphatic heterocycles. The first-order valence-electron chi connectivity index (χ1n) is 9.39. The molecule has 152 valence electrons. The Balaban J connectivity index is 0.00000261. The lowest BCUT2D eigenvalue weighted by Crippen LogP contribution is -2.40. The highest BCUT2D eigenvalue weighted by atomic mass is 127. The molecule has 1 aromatic carbocycles. The number of likely N-dealkylation sites (tertiary alicyclic amines) is 1. The van der Waals surface area contributed by atoms with E-state index in [4.69, 9.17) is 14.2 Å². The van der Waals surface area contributed by atoms with Crippen molar-refractivity contribution in [2.24, 2.45) is 10.4 Å². The summed E-state index contributed by atoms with van der Waals surface area (Å²) in [5.74, 6) is 3.11. The Kier molecular flexibility index (Phi) is 7.88. The third kappa shape index (κ3) is 4.73. The second-order valence-corrected chi connectivity index (χ2v) is 7.30. The molecule has 1 saturated carbocycles. The molecule has 6 nitrogen and oxygen atoms in total. The number of nitrogens with zero attached hydrogens (tertiary/aromatic N) is 2. The number of methoxy groups -OCH3 is 3. The Hall–Kier alpha value is -1.38. The van der Waals surface area contributed by atoms with Crippen molar-refractivity contribution in [2.75, 3.05) is 41.5 Å². The molecule has 1 heterocycles. The zero-order chi connectivity index (χ0) is 18.6. The maximum absolute atomic E-state index is 5.53. The van der Waals surface area contributed by atoms with Crippen LogP contribution >= 0.6 is 24.0 Å². The predicted octanol–water partition coefficient (Wildman–Crippen LogP) is 3.67. The van der Waals surface area contributed by atoms with Crippen molar-refractivity contribution in [1.82, 2.24) is 10.2 Å². The lowest BCUT2D eigenvalue weighted by atomic mass is 9.86. The lowest BCUT2D eigenvalue weighted by molar-refractivity contribution is 0.309. The van der Waals surface area contributed by atoms with Gasteiger partial charge in [-0.3, -0.25) is 4.99 Å². The zero-order valence-electron chi connectivity index (χ0n) is 16.8. The van der Waals surface area contributed by atoms with Gasteiger partial charge in [0.15, 0.2) is 17.5 Å². The van der Waals surface area contributed by atoms with Gasteiger partial charge < -0.3 is 24.4 Å². The first-order chi connectivity index (χ1) is 12.6. The van der Waals surface area contributed by atoms with Crippen LogP contribution in [0.3, 0.4) is 0 Å². The van der Waals surface area contributed by atoms with Gasteiger partial charge in [0.05, 0.1) is 21.3 Å². The molecule has 0 aromatic heterocycles. The van der Waals surface area contributed by atoms with Crippen LogP contribution in [0.25, 0.3) is 0 Å². The summed E-state index contributed by atoms with van der Waals surface area (Å²) in [7, 11) is 6.80. The van der Waals surface area contributed by atoms with Crippen molar-refractivity contribution in [3.8, 4) is 17.2 Å². The lowest BCUT2D eigenvalue weighted by Gasteiger charge is -2.26. The van der Waals surface area contributed by atoms with E-state index < -0.39 is 0 Å². The number of hydrogen-bond acceptors (Lipinski definition) is 4. The smallest absolute Gasteiger partial charge is 0.193 e. The molecule has 0 amide bonds. The topological polar surface area (TPSA) is 55.3 Å². The molecular weight excluding hydrogens is 457 g/mol. The quantitative estimate of drug-likeness (QED) is 0.389. The van der Waals surface area contributed by atoms with Crippen molar-refractivity contribution >= 4 is 29.9 Å². The summed E-state index contributed by atoms with van der Waals surface area (Å²) in [5.41, 5.74) is 1.54. The van der Waals surface area contributed by atoms with Crippen molar-refractivity contribution in [2.45, 2.75) is 38.6 Å². The van der Waals surface area contributed by atoms with Gasteiger partial charge in [-0.05, 0) is 30.7 Å². The number of rotatable bonds is 5. The number of aliphatic imine (C=N–C) groups is 1. The number of ether oxygens (including phenoxy) is 3. The van der Waals surface area contributed by atoms with Gasteiger partial charge in [-0.2, -0.15) is 0 Å². The molecular formula is C20H32IN3O3. The molecule has 2 fully saturated rings. The summed E-state index contributed by atoms with van der Waals surface area (Å²) in [6.45, 7) is 2.83. The molecule has 1 aromatic rings. The predicted molar refractivity (Wildman–Crippen MR) is 119 cm³/mol. The number of nitrogens with one attached hydrogen (secondary N) is 1. The average molecular weight is 489 g/mol. The first kappa shape index (κ1) is 21.9. The van der Waals surface area contributed by atoms with E-state index in [9.17, 15) is 0 Å². The van der Waals surface area contributed by atoms with E-state index in [1.807, 2.05) is 19.2 Å². The fourth-order valence-electron chi connectivity index (χ4n) is 4.39. The van der Waals surface area contributed by atoms with Crippen LogP contribution in [-0.4, -0.2) is 52.3 Å². The number of hydrogen-bond donors (Lipinski definition) is 1. The molecule has 27 heavy (non-hydrogen) atoms. The third-order valence-corrected chi connectivity index (χ3v) is 5.84. The zero-order valence-corrected chi connectivity index (χ0v) is 19.2. The fourth-order valence-corrected chi connectivity index (χ4v) is 4.39. The van der Waals surface area contributed by atoms with E-state index in [0.717, 1.165) is 30.4 Å². The van der Waals surface area contributed by atoms with Crippen LogP contribution in [-0.2, 0) is 6.54 Å². The normalized spacial score (nSPS) is 18.4. The van der Waals surface area contributed by atoms with E-state index >= 15 is 0 Å². The van der Waals surface area contributed by atoms with Crippen LogP contribution < -0.4 is 19.5 Å². The standard InChI is InChI=1S/C20H31N3O3.HI/c1-21-19(23-10-9-20(14-23)7-5-6-8-20)22-13-15-11-17(25-3)18(26-4)12-16(15)24-2;/h11-12H,5-10,13-14H2,1-4H3,(H,21,22);1H. The Morgan fingerprint density at radius 3 is 2.26 bits per heavy atom. The SMILES string of the molecule is CN=C(NCc1cc(OC)c(OC)cc1OC)N1CCC2(CCCC2)C1.I. The minimum absolute atomic E-state index is 0. The van der Waals surface area contributed by atoms with E-state index in [2.05, 4.69) is 15.2 Å². The molecule has 1 N–H and O–H groups in total. The maximum atomic E-state index is 5.53. The van der Waals surface area contributed by atoms with Gasteiger partial charge >= 0.3 is 0 Å². The van der Waals surface area contributed by atoms with Crippen molar-refractivity contribution in [3.63, 3.8) is 0 Å². The summed E-state index contributed by atoms with van der Waals surface area (Å²) >= 11 is 0. The largest absolute Gasteiger partial charge is 0.496 e. The van der Waals surface area contributed by atoms with Gasteiger partial charge in [0.2, 0.25) is 0 Å². The summed E-state index contributed by atoms with van der Waals surface area (Å²) < 4.78 is 16.3. The minimum atomic E-state index is 0. The molecule has 1 spiro atoms. The molecule has 7 heteroatoms. The summed E-state index contributed by atoms with van der Waals surface area (Å²) in [5, 5.41) is 3.50. The van der Waals surface area contributed by atoms with Crippen LogP contribution in [0, 0.1) is 5.41 Å². The van der Waals surface area contributed by atoms with E-state index in [-0.39, 0.29) is 24.0 Å². The van der Waals surface area contributed by atoms with E-state index in [1.54, 1.807) is 21.3 Å². The molecule has 2 aliphatic rings. The molecule has 1 aliphatic carbocycles. The Morgan fingerprint density at radius 1 is 1.04 bits per heavy atom. The monoisotopic (exact) mass is 489 g/mol. The van der Waals surface area contributed by atoms with Crippen LogP contribution in [0.1, 0.15) is 37.7 Å². The highest BCUT2D eigenvalue weighted by molar-refractivity contribution is 14.0. The summed E-state index contributed by atoms with van der Waals surface area (Å²) in [6.07, 6.45) is 6.77. The first-order valence-corrected chi connectivity index (χ1v) is 9.39. The van der Waals surface area contributed by atoms with Gasteiger partial charge in [-0.15, -0.1) is 24.0 Å². The minimum Gasteiger partial charge on any atom is -0.496 e. The average Bonchev–Trinajstić information content (AvgIpc) is 3.31. The molecule has 0 radical (unpaired) electrons. The highest BCUT2D eigenvalue weighted by Crippen LogP contribution is 2.45. The van der Waals surface area contributed by atoms with Crippen LogP contribution in [0.5, 0.6) is 17.2 Å². The van der Waals surface area contributed by atoms with Crippen molar-refractivity contribution in [1.29, 1.82) is 0 Å². The molecule has 0 unspecified atom stereocenters. The second-order valence-electron chi connectivity index (χ2n) is 7.30. The summed E-state index contributed by atoms with van der Waals surface area (Å²) in [4.78, 5) is 6.91. The number of halogens is 1. The van der Waals surface area contributed by atoms with Crippen molar-refractivity contribution < 1.29 is 14.2 Å². The molecule has 3 rings (SSSR count). The van der Waals surface area contributed by atoms with Crippen LogP contribution in [0.2, 0.25) is 0 Å². The fraction of sp³-hybridized carbons (Fsp3) is 0.650. The number of guanidine groups is 1. The highest BCUT2D eigenvalue weighted by Gasteiger charge is 2.41. The number of benzene rings is 1. The third-order valence-electron chi connectivity index (χ3n) is 5.84. The Labute approximate surface area is 179 Å². The molecule has 0 bridgehead atoms. The Bertz CT molecular complexity index is 660. The van der Waals surface area contributed by atoms with Crippen LogP contribution in [0.4, 0.5) is 0 Å².